The number of esters is 2. The Labute approximate surface area is 204 Å². The third-order valence-electron chi connectivity index (χ3n) is 6.99. The molecular formula is C19H22F8O9S. The van der Waals surface area contributed by atoms with Gasteiger partial charge in [0, 0.05) is 5.41 Å². The van der Waals surface area contributed by atoms with Crippen LogP contribution >= 0.6 is 0 Å². The van der Waals surface area contributed by atoms with Crippen LogP contribution in [-0.2, 0) is 33.9 Å². The number of ether oxygens (including phenoxy) is 3. The van der Waals surface area contributed by atoms with E-state index in [1.54, 1.807) is 0 Å². The summed E-state index contributed by atoms with van der Waals surface area (Å²) >= 11 is 0. The van der Waals surface area contributed by atoms with Crippen LogP contribution in [0.1, 0.15) is 38.5 Å². The minimum absolute atomic E-state index is 0.136. The van der Waals surface area contributed by atoms with E-state index in [4.69, 9.17) is 14.4 Å². The zero-order chi connectivity index (χ0) is 28.3. The molecule has 4 aliphatic carbocycles. The molecule has 0 aromatic rings. The van der Waals surface area contributed by atoms with Crippen molar-refractivity contribution < 1.29 is 77.0 Å². The summed E-state index contributed by atoms with van der Waals surface area (Å²) in [4.78, 5) is 23.8. The van der Waals surface area contributed by atoms with E-state index in [0.29, 0.717) is 6.42 Å². The lowest BCUT2D eigenvalue weighted by atomic mass is 9.48. The molecule has 4 bridgehead atoms. The van der Waals surface area contributed by atoms with Crippen LogP contribution in [0.2, 0.25) is 0 Å². The normalized spacial score (nSPS) is 30.3. The van der Waals surface area contributed by atoms with Gasteiger partial charge in [0.1, 0.15) is 19.0 Å². The third-order valence-corrected chi connectivity index (χ3v) is 7.81. The van der Waals surface area contributed by atoms with Gasteiger partial charge >= 0.3 is 45.1 Å². The molecule has 4 saturated carbocycles. The summed E-state index contributed by atoms with van der Waals surface area (Å²) in [6.45, 7) is -4.72. The van der Waals surface area contributed by atoms with Gasteiger partial charge in [0.05, 0.1) is 6.61 Å². The second kappa shape index (κ2) is 9.15. The van der Waals surface area contributed by atoms with E-state index in [1.165, 1.54) is 0 Å². The van der Waals surface area contributed by atoms with Crippen molar-refractivity contribution in [3.8, 4) is 0 Å². The van der Waals surface area contributed by atoms with Crippen molar-refractivity contribution in [2.24, 2.45) is 17.3 Å². The highest BCUT2D eigenvalue weighted by molar-refractivity contribution is 7.87. The Morgan fingerprint density at radius 1 is 0.919 bits per heavy atom. The average molecular weight is 578 g/mol. The van der Waals surface area contributed by atoms with Crippen LogP contribution in [0.25, 0.3) is 0 Å². The maximum absolute atomic E-state index is 14.3. The number of alkyl halides is 8. The van der Waals surface area contributed by atoms with Gasteiger partial charge < -0.3 is 19.3 Å². The first-order chi connectivity index (χ1) is 16.6. The SMILES string of the molecule is O=C(OC12CC3CC(CC(COC(=O)C(F)(F)S(=O)(=O)O)(C3)C1)C2)C(F)(F)C(F)(F)C(F)(F)COCO. The number of aliphatic hydroxyl groups excluding tert-OH is 1. The van der Waals surface area contributed by atoms with Gasteiger partial charge in [-0.05, 0) is 50.4 Å². The summed E-state index contributed by atoms with van der Waals surface area (Å²) in [6, 6.07) is 0. The fraction of sp³-hybridized carbons (Fsp3) is 0.895. The first kappa shape index (κ1) is 29.8. The van der Waals surface area contributed by atoms with Crippen molar-refractivity contribution >= 4 is 22.1 Å². The summed E-state index contributed by atoms with van der Waals surface area (Å²) in [6.07, 6.45) is -0.0166. The average Bonchev–Trinajstić information content (AvgIpc) is 2.73. The molecule has 4 aliphatic rings. The van der Waals surface area contributed by atoms with Gasteiger partial charge in [-0.25, -0.2) is 9.59 Å². The van der Waals surface area contributed by atoms with Crippen molar-refractivity contribution in [3.63, 3.8) is 0 Å². The molecule has 2 atom stereocenters. The molecule has 0 heterocycles. The predicted molar refractivity (Wildman–Crippen MR) is 101 cm³/mol. The van der Waals surface area contributed by atoms with Crippen LogP contribution < -0.4 is 0 Å². The maximum Gasteiger partial charge on any atom is 0.465 e. The van der Waals surface area contributed by atoms with Gasteiger partial charge in [-0.3, -0.25) is 4.55 Å². The molecule has 0 aromatic carbocycles. The van der Waals surface area contributed by atoms with E-state index >= 15 is 0 Å². The zero-order valence-corrected chi connectivity index (χ0v) is 19.5. The maximum atomic E-state index is 14.3. The highest BCUT2D eigenvalue weighted by atomic mass is 32.2. The van der Waals surface area contributed by atoms with Crippen molar-refractivity contribution in [2.75, 3.05) is 20.0 Å². The number of hydrogen-bond donors (Lipinski definition) is 2. The Morgan fingerprint density at radius 2 is 1.46 bits per heavy atom. The lowest BCUT2D eigenvalue weighted by molar-refractivity contribution is -0.322. The minimum atomic E-state index is -6.29. The fourth-order valence-corrected chi connectivity index (χ4v) is 6.21. The molecule has 37 heavy (non-hydrogen) atoms. The van der Waals surface area contributed by atoms with Crippen LogP contribution in [-0.4, -0.2) is 78.6 Å². The molecule has 2 N–H and O–H groups in total. The quantitative estimate of drug-likeness (QED) is 0.164. The molecule has 214 valence electrons. The summed E-state index contributed by atoms with van der Waals surface area (Å²) in [7, 11) is -6.17. The van der Waals surface area contributed by atoms with Gasteiger partial charge in [0.25, 0.3) is 0 Å². The molecule has 0 saturated heterocycles. The van der Waals surface area contributed by atoms with Gasteiger partial charge in [0.15, 0.2) is 0 Å². The summed E-state index contributed by atoms with van der Waals surface area (Å²) < 4.78 is 154. The molecule has 4 fully saturated rings. The van der Waals surface area contributed by atoms with E-state index < -0.39 is 94.4 Å². The molecule has 9 nitrogen and oxygen atoms in total. The largest absolute Gasteiger partial charge is 0.465 e. The zero-order valence-electron chi connectivity index (χ0n) is 18.7. The topological polar surface area (TPSA) is 136 Å². The van der Waals surface area contributed by atoms with Crippen LogP contribution in [0.3, 0.4) is 0 Å². The molecule has 4 rings (SSSR count). The Hall–Kier alpha value is -1.79. The molecule has 0 aliphatic heterocycles. The Balaban J connectivity index is 1.79. The predicted octanol–water partition coefficient (Wildman–Crippen LogP) is 2.76. The number of rotatable bonds is 11. The van der Waals surface area contributed by atoms with Gasteiger partial charge in [0.2, 0.25) is 0 Å². The Bertz CT molecular complexity index is 1020. The number of halogens is 8. The summed E-state index contributed by atoms with van der Waals surface area (Å²) in [5.74, 6) is -24.4. The smallest absolute Gasteiger partial charge is 0.460 e. The van der Waals surface area contributed by atoms with Crippen LogP contribution in [0, 0.1) is 17.3 Å². The summed E-state index contributed by atoms with van der Waals surface area (Å²) in [5.41, 5.74) is -3.19. The molecule has 0 amide bonds. The highest BCUT2D eigenvalue weighted by Crippen LogP contribution is 2.63. The van der Waals surface area contributed by atoms with E-state index in [-0.39, 0.29) is 25.7 Å². The molecule has 0 radical (unpaired) electrons. The minimum Gasteiger partial charge on any atom is -0.460 e. The first-order valence-corrected chi connectivity index (χ1v) is 12.2. The fourth-order valence-electron chi connectivity index (χ4n) is 5.94. The number of aliphatic hydroxyl groups is 1. The van der Waals surface area contributed by atoms with E-state index in [0.717, 1.165) is 0 Å². The highest BCUT2D eigenvalue weighted by Gasteiger charge is 2.76. The van der Waals surface area contributed by atoms with Crippen molar-refractivity contribution in [3.05, 3.63) is 0 Å². The Morgan fingerprint density at radius 3 is 1.95 bits per heavy atom. The standard InChI is InChI=1S/C19H22F8O9S/c20-16(21,8-34-9-28)19(26,27)17(22,23)12(29)36-15-4-10-1-11(5-15)3-14(2-10,6-15)7-35-13(30)18(24,25)37(31,32)33/h10-11,28H,1-9H2,(H,31,32,33). The molecular weight excluding hydrogens is 556 g/mol. The van der Waals surface area contributed by atoms with Crippen LogP contribution in [0.5, 0.6) is 0 Å². The number of carbonyl (C=O) groups is 2. The monoisotopic (exact) mass is 578 g/mol. The van der Waals surface area contributed by atoms with Gasteiger partial charge in [-0.1, -0.05) is 0 Å². The van der Waals surface area contributed by atoms with Gasteiger partial charge in [-0.2, -0.15) is 43.5 Å². The Kier molecular flexibility index (Phi) is 7.36. The second-order valence-electron chi connectivity index (χ2n) is 9.93. The van der Waals surface area contributed by atoms with Crippen LogP contribution in [0.15, 0.2) is 0 Å². The van der Waals surface area contributed by atoms with E-state index in [2.05, 4.69) is 9.47 Å². The van der Waals surface area contributed by atoms with Gasteiger partial charge in [-0.15, -0.1) is 0 Å². The first-order valence-electron chi connectivity index (χ1n) is 10.7. The molecule has 18 heteroatoms. The van der Waals surface area contributed by atoms with Crippen molar-refractivity contribution in [2.45, 2.75) is 67.1 Å². The molecule has 0 aromatic heterocycles. The van der Waals surface area contributed by atoms with Crippen LogP contribution in [0.4, 0.5) is 35.1 Å². The second-order valence-corrected chi connectivity index (χ2v) is 11.4. The third kappa shape index (κ3) is 5.13. The summed E-state index contributed by atoms with van der Waals surface area (Å²) in [5, 5.41) is 3.03. The van der Waals surface area contributed by atoms with Crippen molar-refractivity contribution in [1.29, 1.82) is 0 Å². The van der Waals surface area contributed by atoms with Crippen molar-refractivity contribution in [1.82, 2.24) is 0 Å². The number of carbonyl (C=O) groups excluding carboxylic acids is 2. The lowest BCUT2D eigenvalue weighted by Crippen LogP contribution is -2.63. The number of hydrogen-bond acceptors (Lipinski definition) is 8. The van der Waals surface area contributed by atoms with E-state index in [1.807, 2.05) is 0 Å². The lowest BCUT2D eigenvalue weighted by Gasteiger charge is -2.61. The molecule has 2 unspecified atom stereocenters. The molecule has 0 spiro atoms. The van der Waals surface area contributed by atoms with E-state index in [9.17, 15) is 53.1 Å².